The molecule has 4 nitrogen and oxygen atoms in total. The number of benzene rings is 1. The highest BCUT2D eigenvalue weighted by atomic mass is 35.5. The van der Waals surface area contributed by atoms with E-state index in [9.17, 15) is 14.9 Å². The van der Waals surface area contributed by atoms with Crippen molar-refractivity contribution in [1.82, 2.24) is 5.32 Å². The van der Waals surface area contributed by atoms with Crippen molar-refractivity contribution < 1.29 is 9.59 Å². The molecule has 3 rings (SSSR count). The number of nitrogens with zero attached hydrogens (tertiary/aromatic N) is 1. The molecule has 1 aromatic carbocycles. The maximum absolute atomic E-state index is 12.6. The summed E-state index contributed by atoms with van der Waals surface area (Å²) in [6.07, 6.45) is 0. The molecule has 0 spiro atoms. The van der Waals surface area contributed by atoms with Gasteiger partial charge in [-0.15, -0.1) is 11.3 Å². The Bertz CT molecular complexity index is 1080. The number of dihydropyridines is 1. The third-order valence-corrected chi connectivity index (χ3v) is 6.94. The van der Waals surface area contributed by atoms with Gasteiger partial charge in [0.2, 0.25) is 0 Å². The average molecular weight is 463 g/mol. The number of thioether (sulfide) groups is 1. The van der Waals surface area contributed by atoms with Gasteiger partial charge in [-0.1, -0.05) is 41.0 Å². The van der Waals surface area contributed by atoms with E-state index in [1.165, 1.54) is 36.1 Å². The Hall–Kier alpha value is -2.04. The summed E-state index contributed by atoms with van der Waals surface area (Å²) < 4.78 is 0. The maximum Gasteiger partial charge on any atom is 0.174 e. The highest BCUT2D eigenvalue weighted by Crippen LogP contribution is 2.42. The lowest BCUT2D eigenvalue weighted by Gasteiger charge is -2.28. The highest BCUT2D eigenvalue weighted by Gasteiger charge is 2.33. The minimum Gasteiger partial charge on any atom is -0.353 e. The standard InChI is InChI=1S/C21H16Cl2N2O2S2/c1-11-19(12(2)26)20(18-4-3-7-28-18)15(9-24)21(25-11)29-10-17(27)14-6-5-13(22)8-16(14)23/h3-8,20,25H,10H2,1-2H3. The molecule has 8 heteroatoms. The fourth-order valence-corrected chi connectivity index (χ4v) is 5.50. The molecule has 0 aliphatic carbocycles. The Morgan fingerprint density at radius 1 is 1.31 bits per heavy atom. The Morgan fingerprint density at radius 3 is 2.66 bits per heavy atom. The molecule has 29 heavy (non-hydrogen) atoms. The molecule has 0 bridgehead atoms. The minimum atomic E-state index is -0.435. The number of allylic oxidation sites excluding steroid dienone is 3. The summed E-state index contributed by atoms with van der Waals surface area (Å²) in [6, 6.07) is 10.8. The van der Waals surface area contributed by atoms with Gasteiger partial charge in [0.25, 0.3) is 0 Å². The monoisotopic (exact) mass is 462 g/mol. The van der Waals surface area contributed by atoms with E-state index in [0.29, 0.717) is 37.5 Å². The van der Waals surface area contributed by atoms with Crippen LogP contribution in [0.3, 0.4) is 0 Å². The molecule has 0 amide bonds. The lowest BCUT2D eigenvalue weighted by Crippen LogP contribution is -2.27. The van der Waals surface area contributed by atoms with Gasteiger partial charge in [-0.3, -0.25) is 9.59 Å². The van der Waals surface area contributed by atoms with Gasteiger partial charge in [0.1, 0.15) is 0 Å². The van der Waals surface area contributed by atoms with E-state index in [1.54, 1.807) is 12.1 Å². The third-order valence-electron chi connectivity index (χ3n) is 4.43. The van der Waals surface area contributed by atoms with Gasteiger partial charge in [0, 0.05) is 26.7 Å². The second-order valence-corrected chi connectivity index (χ2v) is 9.17. The second kappa shape index (κ2) is 9.19. The van der Waals surface area contributed by atoms with Crippen molar-refractivity contribution in [3.8, 4) is 6.07 Å². The van der Waals surface area contributed by atoms with Gasteiger partial charge in [0.15, 0.2) is 11.6 Å². The van der Waals surface area contributed by atoms with Gasteiger partial charge in [0.05, 0.1) is 33.4 Å². The lowest BCUT2D eigenvalue weighted by atomic mass is 9.85. The van der Waals surface area contributed by atoms with Crippen molar-refractivity contribution in [2.24, 2.45) is 0 Å². The van der Waals surface area contributed by atoms with Crippen LogP contribution in [0.4, 0.5) is 0 Å². The number of nitrogens with one attached hydrogen (secondary N) is 1. The molecular formula is C21H16Cl2N2O2S2. The molecule has 0 fully saturated rings. The number of ketones is 2. The van der Waals surface area contributed by atoms with E-state index < -0.39 is 5.92 Å². The number of Topliss-reactive ketones (excluding diaryl/α,β-unsaturated/α-hetero) is 2. The molecule has 2 aromatic rings. The molecule has 1 aliphatic heterocycles. The van der Waals surface area contributed by atoms with Crippen molar-refractivity contribution in [2.45, 2.75) is 19.8 Å². The smallest absolute Gasteiger partial charge is 0.174 e. The maximum atomic E-state index is 12.6. The van der Waals surface area contributed by atoms with E-state index in [4.69, 9.17) is 23.2 Å². The van der Waals surface area contributed by atoms with E-state index in [2.05, 4.69) is 11.4 Å². The predicted octanol–water partition coefficient (Wildman–Crippen LogP) is 5.96. The Labute approximate surface area is 187 Å². The number of halogens is 2. The van der Waals surface area contributed by atoms with E-state index >= 15 is 0 Å². The number of nitriles is 1. The van der Waals surface area contributed by atoms with Crippen molar-refractivity contribution in [3.63, 3.8) is 0 Å². The van der Waals surface area contributed by atoms with Crippen LogP contribution in [0, 0.1) is 11.3 Å². The number of carbonyl (C=O) groups is 2. The van der Waals surface area contributed by atoms with Crippen LogP contribution in [0.1, 0.15) is 35.0 Å². The van der Waals surface area contributed by atoms with Crippen LogP contribution >= 0.6 is 46.3 Å². The van der Waals surface area contributed by atoms with Gasteiger partial charge in [-0.25, -0.2) is 0 Å². The summed E-state index contributed by atoms with van der Waals surface area (Å²) >= 11 is 14.7. The quantitative estimate of drug-likeness (QED) is 0.536. The van der Waals surface area contributed by atoms with Crippen molar-refractivity contribution in [3.05, 3.63) is 78.1 Å². The van der Waals surface area contributed by atoms with Crippen molar-refractivity contribution in [1.29, 1.82) is 5.26 Å². The van der Waals surface area contributed by atoms with Gasteiger partial charge in [-0.05, 0) is 43.5 Å². The Morgan fingerprint density at radius 2 is 2.07 bits per heavy atom. The van der Waals surface area contributed by atoms with Gasteiger partial charge in [-0.2, -0.15) is 5.26 Å². The van der Waals surface area contributed by atoms with Gasteiger partial charge >= 0.3 is 0 Å². The molecule has 1 atom stereocenters. The molecule has 1 N–H and O–H groups in total. The van der Waals surface area contributed by atoms with Crippen LogP contribution in [0.15, 0.2) is 57.6 Å². The molecule has 1 aliphatic rings. The summed E-state index contributed by atoms with van der Waals surface area (Å²) in [5.74, 6) is -0.603. The van der Waals surface area contributed by atoms with Crippen LogP contribution in [-0.4, -0.2) is 17.3 Å². The van der Waals surface area contributed by atoms with Crippen LogP contribution in [-0.2, 0) is 4.79 Å². The van der Waals surface area contributed by atoms with Crippen LogP contribution in [0.25, 0.3) is 0 Å². The molecule has 1 aromatic heterocycles. The molecular weight excluding hydrogens is 447 g/mol. The van der Waals surface area contributed by atoms with Crippen molar-refractivity contribution >= 4 is 57.9 Å². The second-order valence-electron chi connectivity index (χ2n) is 6.36. The third kappa shape index (κ3) is 4.59. The Balaban J connectivity index is 1.91. The average Bonchev–Trinajstić information content (AvgIpc) is 3.19. The van der Waals surface area contributed by atoms with Crippen molar-refractivity contribution in [2.75, 3.05) is 5.75 Å². The number of thiophene rings is 1. The fraction of sp³-hybridized carbons (Fsp3) is 0.190. The number of hydrogen-bond donors (Lipinski definition) is 1. The molecule has 0 saturated heterocycles. The summed E-state index contributed by atoms with van der Waals surface area (Å²) in [7, 11) is 0. The Kier molecular flexibility index (Phi) is 6.86. The first-order valence-corrected chi connectivity index (χ1v) is 11.2. The zero-order chi connectivity index (χ0) is 21.1. The number of rotatable bonds is 6. The summed E-state index contributed by atoms with van der Waals surface area (Å²) in [4.78, 5) is 25.8. The zero-order valence-corrected chi connectivity index (χ0v) is 18.7. The predicted molar refractivity (Wildman–Crippen MR) is 119 cm³/mol. The first-order chi connectivity index (χ1) is 13.8. The fourth-order valence-electron chi connectivity index (χ4n) is 3.16. The lowest BCUT2D eigenvalue weighted by molar-refractivity contribution is -0.113. The van der Waals surface area contributed by atoms with E-state index in [-0.39, 0.29) is 17.3 Å². The first kappa shape index (κ1) is 21.7. The summed E-state index contributed by atoms with van der Waals surface area (Å²) in [6.45, 7) is 3.31. The van der Waals surface area contributed by atoms with E-state index in [0.717, 1.165) is 4.88 Å². The molecule has 2 heterocycles. The molecule has 148 valence electrons. The largest absolute Gasteiger partial charge is 0.353 e. The zero-order valence-electron chi connectivity index (χ0n) is 15.6. The summed E-state index contributed by atoms with van der Waals surface area (Å²) in [5, 5.41) is 16.3. The number of hydrogen-bond acceptors (Lipinski definition) is 6. The molecule has 0 saturated carbocycles. The van der Waals surface area contributed by atoms with Crippen LogP contribution < -0.4 is 5.32 Å². The van der Waals surface area contributed by atoms with Gasteiger partial charge < -0.3 is 5.32 Å². The number of carbonyl (C=O) groups excluding carboxylic acids is 2. The normalized spacial score (nSPS) is 16.4. The minimum absolute atomic E-state index is 0.0887. The first-order valence-electron chi connectivity index (χ1n) is 8.61. The van der Waals surface area contributed by atoms with Crippen LogP contribution in [0.5, 0.6) is 0 Å². The molecule has 1 unspecified atom stereocenters. The highest BCUT2D eigenvalue weighted by molar-refractivity contribution is 8.03. The van der Waals surface area contributed by atoms with E-state index in [1.807, 2.05) is 24.4 Å². The van der Waals surface area contributed by atoms with Crippen LogP contribution in [0.2, 0.25) is 10.0 Å². The SMILES string of the molecule is CC(=O)C1=C(C)NC(SCC(=O)c2ccc(Cl)cc2Cl)=C(C#N)C1c1cccs1. The summed E-state index contributed by atoms with van der Waals surface area (Å²) in [5.41, 5.74) is 2.07. The molecule has 0 radical (unpaired) electrons. The topological polar surface area (TPSA) is 70.0 Å².